The van der Waals surface area contributed by atoms with Crippen LogP contribution in [0, 0.1) is 23.2 Å². The summed E-state index contributed by atoms with van der Waals surface area (Å²) in [5.74, 6) is 1.81. The fourth-order valence-corrected chi connectivity index (χ4v) is 4.54. The Balaban J connectivity index is 1.68. The van der Waals surface area contributed by atoms with Gasteiger partial charge in [-0.3, -0.25) is 0 Å². The van der Waals surface area contributed by atoms with Crippen LogP contribution in [0.4, 0.5) is 4.79 Å². The molecule has 4 bridgehead atoms. The van der Waals surface area contributed by atoms with Crippen molar-refractivity contribution in [3.05, 3.63) is 0 Å². The van der Waals surface area contributed by atoms with Gasteiger partial charge in [0, 0.05) is 11.5 Å². The van der Waals surface area contributed by atoms with Crippen molar-refractivity contribution >= 4 is 6.09 Å². The minimum atomic E-state index is -0.461. The number of carbonyl (C=O) groups excluding carboxylic acids is 1. The highest BCUT2D eigenvalue weighted by Gasteiger charge is 2.75. The van der Waals surface area contributed by atoms with Gasteiger partial charge in [-0.15, -0.1) is 0 Å². The number of ether oxygens (including phenoxy) is 1. The summed E-state index contributed by atoms with van der Waals surface area (Å²) < 4.78 is 5.33. The minimum absolute atomic E-state index is 0.0141. The van der Waals surface area contributed by atoms with Crippen LogP contribution in [0.5, 0.6) is 0 Å². The molecule has 0 radical (unpaired) electrons. The number of hydrogen-bond acceptors (Lipinski definition) is 3. The van der Waals surface area contributed by atoms with Crippen LogP contribution in [0.25, 0.3) is 0 Å². The van der Waals surface area contributed by atoms with Gasteiger partial charge in [-0.05, 0) is 57.8 Å². The molecular weight excluding hydrogens is 230 g/mol. The fraction of sp³-hybridized carbons (Fsp3) is 0.929. The molecule has 0 aromatic carbocycles. The monoisotopic (exact) mass is 253 g/mol. The van der Waals surface area contributed by atoms with E-state index in [1.807, 2.05) is 20.8 Å². The zero-order chi connectivity index (χ0) is 13.1. The maximum absolute atomic E-state index is 11.9. The van der Waals surface area contributed by atoms with Crippen LogP contribution in [0.2, 0.25) is 0 Å². The molecule has 4 aliphatic carbocycles. The molecule has 4 nitrogen and oxygen atoms in total. The van der Waals surface area contributed by atoms with E-state index in [0.29, 0.717) is 17.8 Å². The minimum Gasteiger partial charge on any atom is -0.444 e. The second kappa shape index (κ2) is 3.62. The molecule has 102 valence electrons. The van der Waals surface area contributed by atoms with E-state index in [1.165, 1.54) is 19.3 Å². The van der Waals surface area contributed by atoms with Crippen molar-refractivity contribution < 1.29 is 14.6 Å². The van der Waals surface area contributed by atoms with Crippen LogP contribution >= 0.6 is 0 Å². The highest BCUT2D eigenvalue weighted by Crippen LogP contribution is 2.75. The summed E-state index contributed by atoms with van der Waals surface area (Å²) in [7, 11) is 0. The lowest BCUT2D eigenvalue weighted by molar-refractivity contribution is 0.0392. The number of aliphatic hydroxyl groups is 1. The number of rotatable bonds is 2. The van der Waals surface area contributed by atoms with Gasteiger partial charge in [-0.2, -0.15) is 0 Å². The van der Waals surface area contributed by atoms with E-state index in [2.05, 4.69) is 5.32 Å². The van der Waals surface area contributed by atoms with Crippen LogP contribution in [0.1, 0.15) is 40.0 Å². The molecule has 18 heavy (non-hydrogen) atoms. The Kier molecular flexibility index (Phi) is 2.47. The molecule has 0 saturated heterocycles. The summed E-state index contributed by atoms with van der Waals surface area (Å²) in [6.45, 7) is 5.82. The number of alkyl carbamates (subject to hydrolysis) is 1. The lowest BCUT2D eigenvalue weighted by Gasteiger charge is -2.36. The standard InChI is InChI=1S/C14H23NO3/c1-13(2,3)18-12(17)15-11-8-4-5-9-10(6-8)14(9,11)7-16/h8-11,16H,4-7H2,1-3H3,(H,15,17). The van der Waals surface area contributed by atoms with E-state index >= 15 is 0 Å². The quantitative estimate of drug-likeness (QED) is 0.790. The molecule has 5 atom stereocenters. The Bertz CT molecular complexity index is 370. The molecule has 0 heterocycles. The van der Waals surface area contributed by atoms with Gasteiger partial charge in [0.15, 0.2) is 0 Å². The maximum Gasteiger partial charge on any atom is 0.407 e. The zero-order valence-electron chi connectivity index (χ0n) is 11.4. The molecule has 4 saturated carbocycles. The number of fused-ring (bicyclic) bond motifs is 1. The highest BCUT2D eigenvalue weighted by atomic mass is 16.6. The van der Waals surface area contributed by atoms with Crippen molar-refractivity contribution in [2.75, 3.05) is 6.61 Å². The van der Waals surface area contributed by atoms with Gasteiger partial charge < -0.3 is 15.2 Å². The van der Waals surface area contributed by atoms with Crippen molar-refractivity contribution in [2.45, 2.75) is 51.7 Å². The molecule has 4 rings (SSSR count). The summed E-state index contributed by atoms with van der Waals surface area (Å²) >= 11 is 0. The Morgan fingerprint density at radius 3 is 2.67 bits per heavy atom. The van der Waals surface area contributed by atoms with E-state index in [1.54, 1.807) is 0 Å². The summed E-state index contributed by atoms with van der Waals surface area (Å²) in [6.07, 6.45) is 3.25. The van der Waals surface area contributed by atoms with Gasteiger partial charge in [0.25, 0.3) is 0 Å². The number of carbonyl (C=O) groups is 1. The highest BCUT2D eigenvalue weighted by molar-refractivity contribution is 5.68. The van der Waals surface area contributed by atoms with E-state index in [0.717, 1.165) is 0 Å². The van der Waals surface area contributed by atoms with Gasteiger partial charge in [-0.1, -0.05) is 0 Å². The molecule has 4 fully saturated rings. The second-order valence-corrected chi connectivity index (χ2v) is 7.18. The van der Waals surface area contributed by atoms with Crippen molar-refractivity contribution in [1.82, 2.24) is 5.32 Å². The Hall–Kier alpha value is -0.770. The molecule has 1 amide bonds. The predicted molar refractivity (Wildman–Crippen MR) is 67.0 cm³/mol. The Morgan fingerprint density at radius 1 is 1.39 bits per heavy atom. The lowest BCUT2D eigenvalue weighted by Crippen LogP contribution is -2.49. The van der Waals surface area contributed by atoms with Crippen LogP contribution in [-0.2, 0) is 4.74 Å². The predicted octanol–water partition coefficient (Wildman–Crippen LogP) is 1.92. The van der Waals surface area contributed by atoms with Crippen molar-refractivity contribution in [2.24, 2.45) is 23.2 Å². The molecule has 4 heteroatoms. The van der Waals surface area contributed by atoms with Gasteiger partial charge in [-0.25, -0.2) is 4.79 Å². The first-order valence-corrected chi connectivity index (χ1v) is 6.99. The van der Waals surface area contributed by atoms with Crippen molar-refractivity contribution in [3.8, 4) is 0 Å². The average Bonchev–Trinajstić information content (AvgIpc) is 2.84. The van der Waals surface area contributed by atoms with Crippen LogP contribution in [0.3, 0.4) is 0 Å². The van der Waals surface area contributed by atoms with E-state index in [4.69, 9.17) is 4.74 Å². The molecule has 4 aliphatic rings. The smallest absolute Gasteiger partial charge is 0.407 e. The average molecular weight is 253 g/mol. The Morgan fingerprint density at radius 2 is 2.11 bits per heavy atom. The fourth-order valence-electron chi connectivity index (χ4n) is 4.54. The van der Waals surface area contributed by atoms with Crippen LogP contribution in [0.15, 0.2) is 0 Å². The van der Waals surface area contributed by atoms with Crippen molar-refractivity contribution in [1.29, 1.82) is 0 Å². The van der Waals surface area contributed by atoms with Gasteiger partial charge >= 0.3 is 6.09 Å². The third-order valence-corrected chi connectivity index (χ3v) is 5.16. The summed E-state index contributed by atoms with van der Waals surface area (Å²) in [5, 5.41) is 12.7. The topological polar surface area (TPSA) is 58.6 Å². The van der Waals surface area contributed by atoms with E-state index < -0.39 is 5.60 Å². The molecule has 0 aromatic rings. The molecule has 0 spiro atoms. The molecule has 0 aromatic heterocycles. The summed E-state index contributed by atoms with van der Waals surface area (Å²) in [6, 6.07) is 0.126. The number of hydrogen-bond donors (Lipinski definition) is 2. The first-order valence-electron chi connectivity index (χ1n) is 6.99. The maximum atomic E-state index is 11.9. The van der Waals surface area contributed by atoms with E-state index in [-0.39, 0.29) is 24.2 Å². The molecule has 5 unspecified atom stereocenters. The molecule has 2 N–H and O–H groups in total. The third kappa shape index (κ3) is 1.58. The Labute approximate surface area is 108 Å². The molecule has 0 aliphatic heterocycles. The first kappa shape index (κ1) is 12.3. The number of nitrogens with one attached hydrogen (secondary N) is 1. The third-order valence-electron chi connectivity index (χ3n) is 5.16. The zero-order valence-corrected chi connectivity index (χ0v) is 11.4. The first-order chi connectivity index (χ1) is 8.38. The summed E-state index contributed by atoms with van der Waals surface area (Å²) in [4.78, 5) is 11.9. The second-order valence-electron chi connectivity index (χ2n) is 7.18. The summed E-state index contributed by atoms with van der Waals surface area (Å²) in [5.41, 5.74) is -0.475. The molecular formula is C14H23NO3. The number of aliphatic hydroxyl groups excluding tert-OH is 1. The van der Waals surface area contributed by atoms with Gasteiger partial charge in [0.05, 0.1) is 6.61 Å². The normalized spacial score (nSPS) is 44.7. The largest absolute Gasteiger partial charge is 0.444 e. The van der Waals surface area contributed by atoms with Crippen LogP contribution < -0.4 is 5.32 Å². The number of amides is 1. The van der Waals surface area contributed by atoms with Gasteiger partial charge in [0.2, 0.25) is 0 Å². The SMILES string of the molecule is CC(C)(C)OC(=O)NC1C2CCC3C(C2)C31CO. The van der Waals surface area contributed by atoms with Crippen molar-refractivity contribution in [3.63, 3.8) is 0 Å². The lowest BCUT2D eigenvalue weighted by atomic mass is 9.77. The van der Waals surface area contributed by atoms with Gasteiger partial charge in [0.1, 0.15) is 5.60 Å². The van der Waals surface area contributed by atoms with Crippen LogP contribution in [-0.4, -0.2) is 29.4 Å². The van der Waals surface area contributed by atoms with E-state index in [9.17, 15) is 9.90 Å².